The first-order valence-corrected chi connectivity index (χ1v) is 5.77. The minimum absolute atomic E-state index is 0.474. The van der Waals surface area contributed by atoms with E-state index in [4.69, 9.17) is 9.47 Å². The molecule has 3 nitrogen and oxygen atoms in total. The second-order valence-corrected chi connectivity index (χ2v) is 4.11. The Bertz CT molecular complexity index is 327. The third kappa shape index (κ3) is 2.82. The smallest absolute Gasteiger partial charge is 0.0719 e. The molecule has 88 valence electrons. The van der Waals surface area contributed by atoms with Crippen LogP contribution in [0.3, 0.4) is 0 Å². The van der Waals surface area contributed by atoms with Gasteiger partial charge in [-0.05, 0) is 11.1 Å². The van der Waals surface area contributed by atoms with Crippen LogP contribution in [0.5, 0.6) is 0 Å². The van der Waals surface area contributed by atoms with E-state index in [-0.39, 0.29) is 0 Å². The summed E-state index contributed by atoms with van der Waals surface area (Å²) >= 11 is 0. The molecule has 1 aromatic carbocycles. The maximum absolute atomic E-state index is 5.59. The fourth-order valence-corrected chi connectivity index (χ4v) is 2.08. The second-order valence-electron chi connectivity index (χ2n) is 4.11. The highest BCUT2D eigenvalue weighted by atomic mass is 16.5. The molecule has 1 atom stereocenters. The van der Waals surface area contributed by atoms with Crippen molar-refractivity contribution in [2.24, 2.45) is 0 Å². The zero-order valence-corrected chi connectivity index (χ0v) is 9.74. The predicted octanol–water partition coefficient (Wildman–Crippen LogP) is 1.54. The molecule has 3 heteroatoms. The lowest BCUT2D eigenvalue weighted by Gasteiger charge is -2.25. The molecule has 0 aliphatic carbocycles. The van der Waals surface area contributed by atoms with Crippen LogP contribution in [0.1, 0.15) is 17.0 Å². The van der Waals surface area contributed by atoms with Crippen LogP contribution in [-0.2, 0) is 16.1 Å². The number of nitrogens with one attached hydrogen (secondary N) is 1. The third-order valence-electron chi connectivity index (χ3n) is 2.95. The van der Waals surface area contributed by atoms with E-state index in [1.165, 1.54) is 11.1 Å². The summed E-state index contributed by atoms with van der Waals surface area (Å²) in [5.41, 5.74) is 2.76. The molecule has 1 aromatic rings. The van der Waals surface area contributed by atoms with E-state index < -0.39 is 0 Å². The van der Waals surface area contributed by atoms with E-state index in [2.05, 4.69) is 29.6 Å². The van der Waals surface area contributed by atoms with Crippen molar-refractivity contribution < 1.29 is 9.47 Å². The van der Waals surface area contributed by atoms with Crippen molar-refractivity contribution in [1.82, 2.24) is 5.32 Å². The number of hydrogen-bond donors (Lipinski definition) is 1. The molecule has 0 saturated carbocycles. The lowest BCUT2D eigenvalue weighted by atomic mass is 9.93. The Morgan fingerprint density at radius 2 is 2.31 bits per heavy atom. The molecule has 1 unspecified atom stereocenters. The molecule has 0 spiro atoms. The van der Waals surface area contributed by atoms with Crippen LogP contribution >= 0.6 is 0 Å². The molecular weight excluding hydrogens is 202 g/mol. The molecule has 2 rings (SSSR count). The molecule has 0 saturated heterocycles. The third-order valence-corrected chi connectivity index (χ3v) is 2.95. The van der Waals surface area contributed by atoms with Crippen molar-refractivity contribution >= 4 is 0 Å². The van der Waals surface area contributed by atoms with E-state index in [0.717, 1.165) is 32.9 Å². The van der Waals surface area contributed by atoms with Crippen LogP contribution in [0.25, 0.3) is 0 Å². The Hall–Kier alpha value is -0.900. The van der Waals surface area contributed by atoms with Gasteiger partial charge >= 0.3 is 0 Å². The SMILES string of the molecule is COCCNCC1COCc2ccccc21. The number of fused-ring (bicyclic) bond motifs is 1. The molecule has 0 radical (unpaired) electrons. The van der Waals surface area contributed by atoms with Crippen molar-refractivity contribution in [2.75, 3.05) is 33.4 Å². The summed E-state index contributed by atoms with van der Waals surface area (Å²) in [6.45, 7) is 4.19. The minimum Gasteiger partial charge on any atom is -0.383 e. The van der Waals surface area contributed by atoms with E-state index >= 15 is 0 Å². The summed E-state index contributed by atoms with van der Waals surface area (Å²) in [5.74, 6) is 0.474. The Kier molecular flexibility index (Phi) is 4.34. The van der Waals surface area contributed by atoms with E-state index in [1.807, 2.05) is 0 Å². The average Bonchev–Trinajstić information content (AvgIpc) is 2.35. The van der Waals surface area contributed by atoms with Gasteiger partial charge in [0.15, 0.2) is 0 Å². The van der Waals surface area contributed by atoms with Gasteiger partial charge in [0, 0.05) is 26.1 Å². The number of benzene rings is 1. The summed E-state index contributed by atoms with van der Waals surface area (Å²) in [6.07, 6.45) is 0. The standard InChI is InChI=1S/C13H19NO2/c1-15-7-6-14-8-12-10-16-9-11-4-2-3-5-13(11)12/h2-5,12,14H,6-10H2,1H3. The fourth-order valence-electron chi connectivity index (χ4n) is 2.08. The van der Waals surface area contributed by atoms with Crippen molar-refractivity contribution in [1.29, 1.82) is 0 Å². The number of hydrogen-bond acceptors (Lipinski definition) is 3. The van der Waals surface area contributed by atoms with Crippen LogP contribution in [-0.4, -0.2) is 33.4 Å². The Balaban J connectivity index is 1.91. The van der Waals surface area contributed by atoms with Gasteiger partial charge in [0.2, 0.25) is 0 Å². The van der Waals surface area contributed by atoms with Crippen LogP contribution in [0.4, 0.5) is 0 Å². The highest BCUT2D eigenvalue weighted by Crippen LogP contribution is 2.25. The normalized spacial score (nSPS) is 19.4. The monoisotopic (exact) mass is 221 g/mol. The number of rotatable bonds is 5. The largest absolute Gasteiger partial charge is 0.383 e. The van der Waals surface area contributed by atoms with E-state index in [1.54, 1.807) is 7.11 Å². The quantitative estimate of drug-likeness (QED) is 0.765. The number of methoxy groups -OCH3 is 1. The van der Waals surface area contributed by atoms with E-state index in [0.29, 0.717) is 5.92 Å². The minimum atomic E-state index is 0.474. The second kappa shape index (κ2) is 5.99. The molecule has 1 aliphatic heterocycles. The molecule has 0 aromatic heterocycles. The van der Waals surface area contributed by atoms with E-state index in [9.17, 15) is 0 Å². The fraction of sp³-hybridized carbons (Fsp3) is 0.538. The van der Waals surface area contributed by atoms with Gasteiger partial charge < -0.3 is 14.8 Å². The highest BCUT2D eigenvalue weighted by Gasteiger charge is 2.19. The van der Waals surface area contributed by atoms with Crippen LogP contribution in [0.15, 0.2) is 24.3 Å². The lowest BCUT2D eigenvalue weighted by molar-refractivity contribution is 0.0899. The van der Waals surface area contributed by atoms with Gasteiger partial charge in [0.1, 0.15) is 0 Å². The molecular formula is C13H19NO2. The van der Waals surface area contributed by atoms with Crippen LogP contribution in [0, 0.1) is 0 Å². The predicted molar refractivity (Wildman–Crippen MR) is 63.6 cm³/mol. The van der Waals surface area contributed by atoms with Crippen LogP contribution in [0.2, 0.25) is 0 Å². The maximum atomic E-state index is 5.59. The van der Waals surface area contributed by atoms with Crippen molar-refractivity contribution in [3.8, 4) is 0 Å². The van der Waals surface area contributed by atoms with Gasteiger partial charge in [-0.2, -0.15) is 0 Å². The van der Waals surface area contributed by atoms with Crippen molar-refractivity contribution in [3.63, 3.8) is 0 Å². The lowest BCUT2D eigenvalue weighted by Crippen LogP contribution is -2.29. The zero-order valence-electron chi connectivity index (χ0n) is 9.74. The summed E-state index contributed by atoms with van der Waals surface area (Å²) in [6, 6.07) is 8.53. The van der Waals surface area contributed by atoms with Gasteiger partial charge in [0.25, 0.3) is 0 Å². The van der Waals surface area contributed by atoms with Crippen LogP contribution < -0.4 is 5.32 Å². The molecule has 1 aliphatic rings. The summed E-state index contributed by atoms with van der Waals surface area (Å²) in [4.78, 5) is 0. The number of ether oxygens (including phenoxy) is 2. The maximum Gasteiger partial charge on any atom is 0.0719 e. The Morgan fingerprint density at radius 3 is 3.19 bits per heavy atom. The molecule has 1 N–H and O–H groups in total. The van der Waals surface area contributed by atoms with Gasteiger partial charge in [-0.15, -0.1) is 0 Å². The average molecular weight is 221 g/mol. The highest BCUT2D eigenvalue weighted by molar-refractivity contribution is 5.31. The summed E-state index contributed by atoms with van der Waals surface area (Å²) in [7, 11) is 1.72. The first kappa shape index (κ1) is 11.6. The Labute approximate surface area is 96.8 Å². The van der Waals surface area contributed by atoms with Gasteiger partial charge in [0.05, 0.1) is 19.8 Å². The molecule has 16 heavy (non-hydrogen) atoms. The van der Waals surface area contributed by atoms with Gasteiger partial charge in [-0.1, -0.05) is 24.3 Å². The first-order valence-electron chi connectivity index (χ1n) is 5.77. The summed E-state index contributed by atoms with van der Waals surface area (Å²) in [5, 5.41) is 3.39. The zero-order chi connectivity index (χ0) is 11.2. The van der Waals surface area contributed by atoms with Crippen molar-refractivity contribution in [3.05, 3.63) is 35.4 Å². The van der Waals surface area contributed by atoms with Gasteiger partial charge in [-0.3, -0.25) is 0 Å². The molecule has 1 heterocycles. The molecule has 0 amide bonds. The topological polar surface area (TPSA) is 30.5 Å². The summed E-state index contributed by atoms with van der Waals surface area (Å²) < 4.78 is 10.6. The molecule has 0 bridgehead atoms. The first-order chi connectivity index (χ1) is 7.92. The van der Waals surface area contributed by atoms with Gasteiger partial charge in [-0.25, -0.2) is 0 Å². The molecule has 0 fully saturated rings. The van der Waals surface area contributed by atoms with Crippen molar-refractivity contribution in [2.45, 2.75) is 12.5 Å². The Morgan fingerprint density at radius 1 is 1.44 bits per heavy atom.